The molecule has 0 atom stereocenters. The number of aromatic nitrogens is 5. The van der Waals surface area contributed by atoms with Gasteiger partial charge in [0.15, 0.2) is 0 Å². The lowest BCUT2D eigenvalue weighted by molar-refractivity contribution is 0.0510. The minimum atomic E-state index is -0.621. The second-order valence-corrected chi connectivity index (χ2v) is 4.48. The van der Waals surface area contributed by atoms with Crippen molar-refractivity contribution in [3.63, 3.8) is 0 Å². The summed E-state index contributed by atoms with van der Waals surface area (Å²) < 4.78 is 4.92. The summed E-state index contributed by atoms with van der Waals surface area (Å²) in [7, 11) is 0. The molecular formula is C16H13N5O2. The molecule has 0 bridgehead atoms. The van der Waals surface area contributed by atoms with E-state index in [9.17, 15) is 4.79 Å². The van der Waals surface area contributed by atoms with Crippen LogP contribution in [-0.4, -0.2) is 37.7 Å². The van der Waals surface area contributed by atoms with Gasteiger partial charge in [0.2, 0.25) is 0 Å². The standard InChI is InChI=1S/C16H13N5O2/c1-2-23-16(22)15-19-13(11-7-3-5-9-17-11)14(20-21-15)12-8-4-6-10-18-12/h3-10H,2H2,1H3. The van der Waals surface area contributed by atoms with E-state index in [1.807, 2.05) is 12.1 Å². The van der Waals surface area contributed by atoms with Crippen molar-refractivity contribution in [1.82, 2.24) is 25.1 Å². The topological polar surface area (TPSA) is 90.8 Å². The van der Waals surface area contributed by atoms with Crippen molar-refractivity contribution in [2.75, 3.05) is 6.61 Å². The lowest BCUT2D eigenvalue weighted by Gasteiger charge is -2.07. The first-order valence-corrected chi connectivity index (χ1v) is 7.04. The summed E-state index contributed by atoms with van der Waals surface area (Å²) >= 11 is 0. The highest BCUT2D eigenvalue weighted by molar-refractivity contribution is 5.86. The van der Waals surface area contributed by atoms with Gasteiger partial charge >= 0.3 is 5.97 Å². The number of carbonyl (C=O) groups excluding carboxylic acids is 1. The highest BCUT2D eigenvalue weighted by Gasteiger charge is 2.19. The first-order valence-electron chi connectivity index (χ1n) is 7.04. The second-order valence-electron chi connectivity index (χ2n) is 4.48. The summed E-state index contributed by atoms with van der Waals surface area (Å²) in [5.74, 6) is -0.725. The lowest BCUT2D eigenvalue weighted by Crippen LogP contribution is -2.13. The molecule has 0 amide bonds. The Morgan fingerprint density at radius 1 is 0.957 bits per heavy atom. The smallest absolute Gasteiger partial charge is 0.378 e. The molecule has 0 saturated heterocycles. The van der Waals surface area contributed by atoms with Gasteiger partial charge in [-0.3, -0.25) is 9.97 Å². The van der Waals surface area contributed by atoms with E-state index in [-0.39, 0.29) is 12.4 Å². The average Bonchev–Trinajstić information content (AvgIpc) is 2.63. The van der Waals surface area contributed by atoms with E-state index in [0.717, 1.165) is 0 Å². The summed E-state index contributed by atoms with van der Waals surface area (Å²) in [5, 5.41) is 7.97. The van der Waals surface area contributed by atoms with Gasteiger partial charge in [-0.15, -0.1) is 10.2 Å². The first-order chi connectivity index (χ1) is 11.3. The molecule has 3 aromatic heterocycles. The Kier molecular flexibility index (Phi) is 4.28. The van der Waals surface area contributed by atoms with Crippen LogP contribution in [0.4, 0.5) is 0 Å². The van der Waals surface area contributed by atoms with Gasteiger partial charge in [-0.1, -0.05) is 12.1 Å². The molecule has 3 heterocycles. The number of hydrogen-bond acceptors (Lipinski definition) is 7. The zero-order valence-corrected chi connectivity index (χ0v) is 12.4. The fourth-order valence-electron chi connectivity index (χ4n) is 1.96. The van der Waals surface area contributed by atoms with Crippen LogP contribution < -0.4 is 0 Å². The Bertz CT molecular complexity index is 809. The fraction of sp³-hybridized carbons (Fsp3) is 0.125. The van der Waals surface area contributed by atoms with Crippen molar-refractivity contribution in [2.24, 2.45) is 0 Å². The summed E-state index contributed by atoms with van der Waals surface area (Å²) in [6.07, 6.45) is 3.29. The minimum Gasteiger partial charge on any atom is -0.460 e. The number of ether oxygens (including phenoxy) is 1. The summed E-state index contributed by atoms with van der Waals surface area (Å²) in [6.45, 7) is 1.95. The van der Waals surface area contributed by atoms with Gasteiger partial charge in [0.05, 0.1) is 18.0 Å². The Morgan fingerprint density at radius 3 is 2.17 bits per heavy atom. The van der Waals surface area contributed by atoms with Crippen molar-refractivity contribution in [2.45, 2.75) is 6.92 Å². The SMILES string of the molecule is CCOC(=O)c1nnc(-c2ccccn2)c(-c2ccccn2)n1. The van der Waals surface area contributed by atoms with E-state index >= 15 is 0 Å². The number of carbonyl (C=O) groups is 1. The molecule has 0 saturated carbocycles. The lowest BCUT2D eigenvalue weighted by atomic mass is 10.1. The Morgan fingerprint density at radius 2 is 1.61 bits per heavy atom. The maximum atomic E-state index is 11.9. The zero-order chi connectivity index (χ0) is 16.1. The highest BCUT2D eigenvalue weighted by Crippen LogP contribution is 2.25. The van der Waals surface area contributed by atoms with Gasteiger partial charge in [0.1, 0.15) is 11.4 Å². The molecule has 0 spiro atoms. The van der Waals surface area contributed by atoms with Crippen molar-refractivity contribution in [1.29, 1.82) is 0 Å². The first kappa shape index (κ1) is 14.7. The Hall–Kier alpha value is -3.22. The third-order valence-electron chi connectivity index (χ3n) is 2.96. The molecule has 0 aliphatic rings. The molecule has 0 N–H and O–H groups in total. The van der Waals surface area contributed by atoms with Crippen molar-refractivity contribution < 1.29 is 9.53 Å². The predicted octanol–water partition coefficient (Wildman–Crippen LogP) is 2.17. The van der Waals surface area contributed by atoms with Gasteiger partial charge in [0, 0.05) is 12.4 Å². The van der Waals surface area contributed by atoms with Gasteiger partial charge < -0.3 is 4.74 Å². The normalized spacial score (nSPS) is 10.3. The molecular weight excluding hydrogens is 294 g/mol. The monoisotopic (exact) mass is 307 g/mol. The maximum Gasteiger partial charge on any atom is 0.378 e. The largest absolute Gasteiger partial charge is 0.460 e. The van der Waals surface area contributed by atoms with Crippen molar-refractivity contribution in [3.8, 4) is 22.8 Å². The van der Waals surface area contributed by atoms with Crippen LogP contribution in [0.1, 0.15) is 17.5 Å². The second kappa shape index (κ2) is 6.69. The van der Waals surface area contributed by atoms with Gasteiger partial charge in [-0.2, -0.15) is 0 Å². The van der Waals surface area contributed by atoms with Crippen LogP contribution >= 0.6 is 0 Å². The van der Waals surface area contributed by atoms with Crippen molar-refractivity contribution >= 4 is 5.97 Å². The van der Waals surface area contributed by atoms with Crippen LogP contribution in [0, 0.1) is 0 Å². The van der Waals surface area contributed by atoms with E-state index in [1.165, 1.54) is 0 Å². The highest BCUT2D eigenvalue weighted by atomic mass is 16.5. The van der Waals surface area contributed by atoms with E-state index in [1.54, 1.807) is 43.6 Å². The van der Waals surface area contributed by atoms with Crippen LogP contribution in [-0.2, 0) is 4.74 Å². The number of pyridine rings is 2. The van der Waals surface area contributed by atoms with E-state index in [2.05, 4.69) is 25.1 Å². The predicted molar refractivity (Wildman–Crippen MR) is 82.2 cm³/mol. The van der Waals surface area contributed by atoms with E-state index < -0.39 is 5.97 Å². The maximum absolute atomic E-state index is 11.9. The molecule has 23 heavy (non-hydrogen) atoms. The summed E-state index contributed by atoms with van der Waals surface area (Å²) in [6, 6.07) is 10.8. The third kappa shape index (κ3) is 3.18. The van der Waals surface area contributed by atoms with Crippen LogP contribution in [0.15, 0.2) is 48.8 Å². The molecule has 0 aromatic carbocycles. The van der Waals surface area contributed by atoms with Crippen LogP contribution in [0.3, 0.4) is 0 Å². The van der Waals surface area contributed by atoms with E-state index in [4.69, 9.17) is 4.74 Å². The summed E-state index contributed by atoms with van der Waals surface area (Å²) in [5.41, 5.74) is 2.07. The minimum absolute atomic E-state index is 0.104. The van der Waals surface area contributed by atoms with Crippen LogP contribution in [0.5, 0.6) is 0 Å². The quantitative estimate of drug-likeness (QED) is 0.682. The molecule has 0 radical (unpaired) electrons. The average molecular weight is 307 g/mol. The molecule has 3 aromatic rings. The third-order valence-corrected chi connectivity index (χ3v) is 2.96. The molecule has 0 aliphatic heterocycles. The number of esters is 1. The van der Waals surface area contributed by atoms with Gasteiger partial charge in [-0.25, -0.2) is 9.78 Å². The van der Waals surface area contributed by atoms with E-state index in [0.29, 0.717) is 22.8 Å². The van der Waals surface area contributed by atoms with Crippen LogP contribution in [0.25, 0.3) is 22.8 Å². The number of nitrogens with zero attached hydrogens (tertiary/aromatic N) is 5. The number of hydrogen-bond donors (Lipinski definition) is 0. The van der Waals surface area contributed by atoms with Crippen LogP contribution in [0.2, 0.25) is 0 Å². The number of rotatable bonds is 4. The van der Waals surface area contributed by atoms with Gasteiger partial charge in [0.25, 0.3) is 5.82 Å². The van der Waals surface area contributed by atoms with Gasteiger partial charge in [-0.05, 0) is 31.2 Å². The molecule has 7 heteroatoms. The molecule has 0 unspecified atom stereocenters. The molecule has 7 nitrogen and oxygen atoms in total. The fourth-order valence-corrected chi connectivity index (χ4v) is 1.96. The molecule has 3 rings (SSSR count). The zero-order valence-electron chi connectivity index (χ0n) is 12.4. The van der Waals surface area contributed by atoms with Crippen molar-refractivity contribution in [3.05, 3.63) is 54.6 Å². The Labute approximate surface area is 132 Å². The Balaban J connectivity index is 2.15. The molecule has 0 fully saturated rings. The molecule has 114 valence electrons. The summed E-state index contributed by atoms with van der Waals surface area (Å²) in [4.78, 5) is 24.7. The molecule has 0 aliphatic carbocycles.